The number of amides is 1. The van der Waals surface area contributed by atoms with Crippen molar-refractivity contribution in [2.45, 2.75) is 17.8 Å². The van der Waals surface area contributed by atoms with Gasteiger partial charge in [0.1, 0.15) is 0 Å². The predicted molar refractivity (Wildman–Crippen MR) is 113 cm³/mol. The van der Waals surface area contributed by atoms with Crippen LogP contribution in [0, 0.1) is 6.92 Å². The number of hydrogen-bond donors (Lipinski definition) is 1. The van der Waals surface area contributed by atoms with E-state index in [1.54, 1.807) is 11.9 Å². The fraction of sp³-hybridized carbons (Fsp3) is 0.211. The quantitative estimate of drug-likeness (QED) is 0.547. The summed E-state index contributed by atoms with van der Waals surface area (Å²) >= 11 is 8.72. The van der Waals surface area contributed by atoms with Crippen LogP contribution in [0.25, 0.3) is 0 Å². The van der Waals surface area contributed by atoms with E-state index in [9.17, 15) is 4.79 Å². The number of aryl methyl sites for hydroxylation is 1. The monoisotopic (exact) mass is 418 g/mol. The van der Waals surface area contributed by atoms with E-state index >= 15 is 0 Å². The van der Waals surface area contributed by atoms with Gasteiger partial charge in [0.15, 0.2) is 4.34 Å². The Hall–Kier alpha value is -2.09. The molecule has 0 aliphatic heterocycles. The van der Waals surface area contributed by atoms with Crippen molar-refractivity contribution in [1.82, 2.24) is 15.1 Å². The molecule has 8 heteroatoms. The summed E-state index contributed by atoms with van der Waals surface area (Å²) in [5, 5.41) is 12.9. The molecule has 0 aliphatic carbocycles. The van der Waals surface area contributed by atoms with Gasteiger partial charge in [0.2, 0.25) is 11.0 Å². The Kier molecular flexibility index (Phi) is 6.71. The number of benzene rings is 2. The number of rotatable bonds is 7. The van der Waals surface area contributed by atoms with E-state index in [4.69, 9.17) is 11.6 Å². The lowest BCUT2D eigenvalue weighted by molar-refractivity contribution is -0.127. The largest absolute Gasteiger partial charge is 0.341 e. The maximum atomic E-state index is 12.3. The van der Waals surface area contributed by atoms with Gasteiger partial charge < -0.3 is 10.2 Å². The Balaban J connectivity index is 1.49. The van der Waals surface area contributed by atoms with Crippen molar-refractivity contribution < 1.29 is 4.79 Å². The minimum absolute atomic E-state index is 0.0400. The average molecular weight is 419 g/mol. The summed E-state index contributed by atoms with van der Waals surface area (Å²) in [5.74, 6) is 0.363. The first-order valence-electron chi connectivity index (χ1n) is 8.28. The molecule has 140 valence electrons. The van der Waals surface area contributed by atoms with Crippen molar-refractivity contribution in [3.8, 4) is 0 Å². The van der Waals surface area contributed by atoms with Crippen molar-refractivity contribution in [3.05, 3.63) is 64.7 Å². The lowest BCUT2D eigenvalue weighted by atomic mass is 10.2. The summed E-state index contributed by atoms with van der Waals surface area (Å²) in [5.41, 5.74) is 3.21. The van der Waals surface area contributed by atoms with Gasteiger partial charge in [-0.1, -0.05) is 64.5 Å². The van der Waals surface area contributed by atoms with E-state index in [1.807, 2.05) is 55.5 Å². The second-order valence-electron chi connectivity index (χ2n) is 6.03. The summed E-state index contributed by atoms with van der Waals surface area (Å²) in [6.45, 7) is 2.59. The minimum Gasteiger partial charge on any atom is -0.341 e. The SMILES string of the molecule is Cc1ccc(Nc2nnc(SCC(=O)N(C)Cc3ccc(Cl)cc3)s2)cc1. The zero-order valence-electron chi connectivity index (χ0n) is 15.0. The van der Waals surface area contributed by atoms with Crippen LogP contribution in [0.3, 0.4) is 0 Å². The zero-order valence-corrected chi connectivity index (χ0v) is 17.4. The number of nitrogens with zero attached hydrogens (tertiary/aromatic N) is 3. The van der Waals surface area contributed by atoms with Crippen LogP contribution < -0.4 is 5.32 Å². The molecule has 3 aromatic rings. The summed E-state index contributed by atoms with van der Waals surface area (Å²) in [6.07, 6.45) is 0. The molecular formula is C19H19ClN4OS2. The first-order valence-corrected chi connectivity index (χ1v) is 10.5. The molecule has 3 rings (SSSR count). The van der Waals surface area contributed by atoms with E-state index in [0.29, 0.717) is 22.5 Å². The van der Waals surface area contributed by atoms with Crippen molar-refractivity contribution in [1.29, 1.82) is 0 Å². The number of anilines is 2. The van der Waals surface area contributed by atoms with Crippen LogP contribution in [-0.2, 0) is 11.3 Å². The van der Waals surface area contributed by atoms with Crippen molar-refractivity contribution in [3.63, 3.8) is 0 Å². The van der Waals surface area contributed by atoms with Gasteiger partial charge in [-0.05, 0) is 36.8 Å². The van der Waals surface area contributed by atoms with Crippen molar-refractivity contribution in [2.24, 2.45) is 0 Å². The molecule has 0 fully saturated rings. The molecule has 0 bridgehead atoms. The second kappa shape index (κ2) is 9.21. The highest BCUT2D eigenvalue weighted by atomic mass is 35.5. The first kappa shape index (κ1) is 19.7. The molecule has 1 amide bonds. The molecule has 0 atom stereocenters. The third-order valence-electron chi connectivity index (χ3n) is 3.79. The first-order chi connectivity index (χ1) is 13.0. The Morgan fingerprint density at radius 3 is 2.56 bits per heavy atom. The number of nitrogens with one attached hydrogen (secondary N) is 1. The van der Waals surface area contributed by atoms with Crippen LogP contribution in [0.5, 0.6) is 0 Å². The van der Waals surface area contributed by atoms with Gasteiger partial charge in [-0.25, -0.2) is 0 Å². The van der Waals surface area contributed by atoms with Gasteiger partial charge in [0, 0.05) is 24.3 Å². The standard InChI is InChI=1S/C19H19ClN4OS2/c1-13-3-9-16(10-4-13)21-18-22-23-19(27-18)26-12-17(25)24(2)11-14-5-7-15(20)8-6-14/h3-10H,11-12H2,1-2H3,(H,21,22). The van der Waals surface area contributed by atoms with Gasteiger partial charge in [-0.15, -0.1) is 10.2 Å². The lowest BCUT2D eigenvalue weighted by Crippen LogP contribution is -2.27. The number of aromatic nitrogens is 2. The normalized spacial score (nSPS) is 10.6. The molecule has 0 aliphatic rings. The highest BCUT2D eigenvalue weighted by molar-refractivity contribution is 8.01. The number of carbonyl (C=O) groups excluding carboxylic acids is 1. The van der Waals surface area contributed by atoms with E-state index in [2.05, 4.69) is 15.5 Å². The van der Waals surface area contributed by atoms with Crippen LogP contribution in [0.2, 0.25) is 5.02 Å². The predicted octanol–water partition coefficient (Wildman–Crippen LogP) is 4.99. The van der Waals surface area contributed by atoms with E-state index in [1.165, 1.54) is 28.7 Å². The lowest BCUT2D eigenvalue weighted by Gasteiger charge is -2.16. The van der Waals surface area contributed by atoms with Gasteiger partial charge in [-0.3, -0.25) is 4.79 Å². The molecule has 2 aromatic carbocycles. The smallest absolute Gasteiger partial charge is 0.233 e. The van der Waals surface area contributed by atoms with Crippen LogP contribution >= 0.6 is 34.7 Å². The number of carbonyl (C=O) groups is 1. The van der Waals surface area contributed by atoms with Gasteiger partial charge >= 0.3 is 0 Å². The molecule has 27 heavy (non-hydrogen) atoms. The molecule has 0 radical (unpaired) electrons. The summed E-state index contributed by atoms with van der Waals surface area (Å²) in [6, 6.07) is 15.6. The third-order valence-corrected chi connectivity index (χ3v) is 6.00. The Labute approximate surface area is 171 Å². The Morgan fingerprint density at radius 1 is 1.15 bits per heavy atom. The summed E-state index contributed by atoms with van der Waals surface area (Å²) in [7, 11) is 1.79. The second-order valence-corrected chi connectivity index (χ2v) is 8.67. The van der Waals surface area contributed by atoms with Crippen LogP contribution in [-0.4, -0.2) is 33.8 Å². The Morgan fingerprint density at radius 2 is 1.85 bits per heavy atom. The van der Waals surface area contributed by atoms with E-state index in [0.717, 1.165) is 15.6 Å². The maximum absolute atomic E-state index is 12.3. The highest BCUT2D eigenvalue weighted by Gasteiger charge is 2.12. The molecule has 0 saturated carbocycles. The van der Waals surface area contributed by atoms with E-state index < -0.39 is 0 Å². The molecule has 0 saturated heterocycles. The van der Waals surface area contributed by atoms with Crippen LogP contribution in [0.15, 0.2) is 52.9 Å². The van der Waals surface area contributed by atoms with Crippen molar-refractivity contribution >= 4 is 51.4 Å². The van der Waals surface area contributed by atoms with Crippen LogP contribution in [0.4, 0.5) is 10.8 Å². The zero-order chi connectivity index (χ0) is 19.2. The minimum atomic E-state index is 0.0400. The maximum Gasteiger partial charge on any atom is 0.233 e. The van der Waals surface area contributed by atoms with Gasteiger partial charge in [-0.2, -0.15) is 0 Å². The van der Waals surface area contributed by atoms with Gasteiger partial charge in [0.25, 0.3) is 0 Å². The topological polar surface area (TPSA) is 58.1 Å². The summed E-state index contributed by atoms with van der Waals surface area (Å²) in [4.78, 5) is 14.0. The molecular weight excluding hydrogens is 400 g/mol. The highest BCUT2D eigenvalue weighted by Crippen LogP contribution is 2.28. The number of hydrogen-bond acceptors (Lipinski definition) is 6. The fourth-order valence-electron chi connectivity index (χ4n) is 2.26. The molecule has 0 spiro atoms. The molecule has 1 heterocycles. The average Bonchev–Trinajstić information content (AvgIpc) is 3.11. The van der Waals surface area contributed by atoms with E-state index in [-0.39, 0.29) is 5.91 Å². The molecule has 0 unspecified atom stereocenters. The molecule has 5 nitrogen and oxygen atoms in total. The number of halogens is 1. The van der Waals surface area contributed by atoms with Crippen molar-refractivity contribution in [2.75, 3.05) is 18.1 Å². The Bertz CT molecular complexity index is 897. The summed E-state index contributed by atoms with van der Waals surface area (Å²) < 4.78 is 0.762. The third kappa shape index (κ3) is 5.95. The molecule has 1 N–H and O–H groups in total. The molecule has 1 aromatic heterocycles. The van der Waals surface area contributed by atoms with Crippen LogP contribution in [0.1, 0.15) is 11.1 Å². The van der Waals surface area contributed by atoms with Gasteiger partial charge in [0.05, 0.1) is 5.75 Å². The number of thioether (sulfide) groups is 1. The fourth-order valence-corrected chi connectivity index (χ4v) is 4.10.